The van der Waals surface area contributed by atoms with Gasteiger partial charge >= 0.3 is 6.03 Å². The maximum atomic E-state index is 11.8. The minimum absolute atomic E-state index is 0.259. The molecule has 0 aromatic heterocycles. The molecule has 21 heavy (non-hydrogen) atoms. The van der Waals surface area contributed by atoms with E-state index in [1.54, 1.807) is 0 Å². The Balaban J connectivity index is 2.24. The molecular weight excluding hydrogens is 266 g/mol. The van der Waals surface area contributed by atoms with E-state index in [-0.39, 0.29) is 12.5 Å². The van der Waals surface area contributed by atoms with Crippen molar-refractivity contribution in [2.75, 3.05) is 20.1 Å². The Kier molecular flexibility index (Phi) is 7.46. The maximum absolute atomic E-state index is 11.8. The first-order chi connectivity index (χ1) is 9.97. The third-order valence-electron chi connectivity index (χ3n) is 3.07. The predicted molar refractivity (Wildman–Crippen MR) is 82.9 cm³/mol. The van der Waals surface area contributed by atoms with Crippen molar-refractivity contribution >= 4 is 11.9 Å². The van der Waals surface area contributed by atoms with E-state index >= 15 is 0 Å². The molecule has 0 bridgehead atoms. The van der Waals surface area contributed by atoms with Crippen molar-refractivity contribution < 1.29 is 14.5 Å². The second-order valence-electron chi connectivity index (χ2n) is 5.78. The van der Waals surface area contributed by atoms with Crippen LogP contribution in [0.15, 0.2) is 30.3 Å². The molecule has 0 saturated heterocycles. The number of urea groups is 1. The van der Waals surface area contributed by atoms with Crippen molar-refractivity contribution in [3.05, 3.63) is 35.9 Å². The molecule has 1 rings (SSSR count). The molecule has 1 aromatic rings. The van der Waals surface area contributed by atoms with Crippen molar-refractivity contribution in [2.45, 2.75) is 26.8 Å². The molecule has 1 unspecified atom stereocenters. The molecule has 3 amide bonds. The van der Waals surface area contributed by atoms with Crippen LogP contribution in [0.25, 0.3) is 0 Å². The van der Waals surface area contributed by atoms with E-state index in [1.165, 1.54) is 5.56 Å². The number of quaternary nitrogens is 1. The molecule has 0 aliphatic carbocycles. The first kappa shape index (κ1) is 17.2. The molecule has 1 atom stereocenters. The molecule has 0 aliphatic heterocycles. The second-order valence-corrected chi connectivity index (χ2v) is 5.78. The number of rotatable bonds is 7. The summed E-state index contributed by atoms with van der Waals surface area (Å²) < 4.78 is 0. The van der Waals surface area contributed by atoms with Crippen molar-refractivity contribution in [3.8, 4) is 0 Å². The highest BCUT2D eigenvalue weighted by molar-refractivity contribution is 5.94. The molecule has 0 aliphatic rings. The minimum atomic E-state index is -0.409. The van der Waals surface area contributed by atoms with Gasteiger partial charge in [-0.3, -0.25) is 10.1 Å². The van der Waals surface area contributed by atoms with Gasteiger partial charge < -0.3 is 10.2 Å². The molecule has 5 nitrogen and oxygen atoms in total. The van der Waals surface area contributed by atoms with Gasteiger partial charge in [-0.15, -0.1) is 0 Å². The number of imide groups is 1. The van der Waals surface area contributed by atoms with Crippen molar-refractivity contribution in [3.63, 3.8) is 0 Å². The Morgan fingerprint density at radius 2 is 1.86 bits per heavy atom. The zero-order chi connectivity index (χ0) is 15.7. The molecule has 0 saturated carbocycles. The molecule has 0 fully saturated rings. The Morgan fingerprint density at radius 3 is 2.48 bits per heavy atom. The zero-order valence-electron chi connectivity index (χ0n) is 13.1. The van der Waals surface area contributed by atoms with Crippen LogP contribution in [0.1, 0.15) is 25.8 Å². The molecule has 0 radical (unpaired) electrons. The standard InChI is InChI=1S/C16H25N3O2/c1-13(2)9-10-17-16(21)18-15(20)12-19(3)11-14-7-5-4-6-8-14/h4-8,13H,9-12H2,1-3H3,(H2,17,18,20,21)/p+1. The summed E-state index contributed by atoms with van der Waals surface area (Å²) in [5.74, 6) is 0.271. The van der Waals surface area contributed by atoms with E-state index in [2.05, 4.69) is 24.5 Å². The topological polar surface area (TPSA) is 62.6 Å². The maximum Gasteiger partial charge on any atom is 0.321 e. The molecule has 5 heteroatoms. The van der Waals surface area contributed by atoms with Gasteiger partial charge in [0.2, 0.25) is 0 Å². The Labute approximate surface area is 126 Å². The van der Waals surface area contributed by atoms with Crippen LogP contribution in [0.5, 0.6) is 0 Å². The van der Waals surface area contributed by atoms with E-state index in [1.807, 2.05) is 37.4 Å². The smallest absolute Gasteiger partial charge is 0.321 e. The second kappa shape index (κ2) is 9.13. The van der Waals surface area contributed by atoms with Gasteiger partial charge in [-0.25, -0.2) is 4.79 Å². The van der Waals surface area contributed by atoms with Crippen LogP contribution >= 0.6 is 0 Å². The van der Waals surface area contributed by atoms with Crippen LogP contribution < -0.4 is 15.5 Å². The highest BCUT2D eigenvalue weighted by Gasteiger charge is 2.13. The quantitative estimate of drug-likeness (QED) is 0.688. The normalized spacial score (nSPS) is 12.0. The summed E-state index contributed by atoms with van der Waals surface area (Å²) in [5, 5.41) is 5.05. The SMILES string of the molecule is CC(C)CCNC(=O)NC(=O)C[NH+](C)Cc1ccccc1. The predicted octanol–water partition coefficient (Wildman–Crippen LogP) is 0.573. The fourth-order valence-corrected chi connectivity index (χ4v) is 1.97. The number of likely N-dealkylation sites (N-methyl/N-ethyl adjacent to an activating group) is 1. The molecule has 0 heterocycles. The average molecular weight is 292 g/mol. The lowest BCUT2D eigenvalue weighted by Crippen LogP contribution is -3.09. The van der Waals surface area contributed by atoms with Crippen molar-refractivity contribution in [1.82, 2.24) is 10.6 Å². The Hall–Kier alpha value is -1.88. The summed E-state index contributed by atoms with van der Waals surface area (Å²) in [6.07, 6.45) is 0.904. The molecule has 0 spiro atoms. The lowest BCUT2D eigenvalue weighted by atomic mass is 10.1. The van der Waals surface area contributed by atoms with Gasteiger partial charge in [-0.1, -0.05) is 44.2 Å². The minimum Gasteiger partial charge on any atom is -0.338 e. The third kappa shape index (κ3) is 8.09. The van der Waals surface area contributed by atoms with E-state index in [9.17, 15) is 9.59 Å². The summed E-state index contributed by atoms with van der Waals surface area (Å²) in [6, 6.07) is 9.57. The summed E-state index contributed by atoms with van der Waals surface area (Å²) >= 11 is 0. The summed E-state index contributed by atoms with van der Waals surface area (Å²) in [6.45, 7) is 5.79. The van der Waals surface area contributed by atoms with Crippen LogP contribution in [0.4, 0.5) is 4.79 Å². The number of carbonyl (C=O) groups excluding carboxylic acids is 2. The third-order valence-corrected chi connectivity index (χ3v) is 3.07. The number of benzene rings is 1. The summed E-state index contributed by atoms with van der Waals surface area (Å²) in [7, 11) is 1.93. The summed E-state index contributed by atoms with van der Waals surface area (Å²) in [4.78, 5) is 24.3. The molecule has 1 aromatic carbocycles. The van der Waals surface area contributed by atoms with Gasteiger partial charge in [0.1, 0.15) is 6.54 Å². The van der Waals surface area contributed by atoms with Crippen LogP contribution in [-0.2, 0) is 11.3 Å². The van der Waals surface area contributed by atoms with Crippen LogP contribution in [0, 0.1) is 5.92 Å². The van der Waals surface area contributed by atoms with Gasteiger partial charge in [0.25, 0.3) is 5.91 Å². The lowest BCUT2D eigenvalue weighted by Gasteiger charge is -2.14. The van der Waals surface area contributed by atoms with Gasteiger partial charge in [-0.05, 0) is 12.3 Å². The number of amides is 3. The molecular formula is C16H26N3O2+. The van der Waals surface area contributed by atoms with Gasteiger partial charge in [-0.2, -0.15) is 0 Å². The fraction of sp³-hybridized carbons (Fsp3) is 0.500. The van der Waals surface area contributed by atoms with Gasteiger partial charge in [0, 0.05) is 12.1 Å². The Bertz CT molecular complexity index is 446. The van der Waals surface area contributed by atoms with Crippen molar-refractivity contribution in [2.24, 2.45) is 5.92 Å². The van der Waals surface area contributed by atoms with Gasteiger partial charge in [0.05, 0.1) is 7.05 Å². The largest absolute Gasteiger partial charge is 0.338 e. The van der Waals surface area contributed by atoms with E-state index < -0.39 is 6.03 Å². The molecule has 3 N–H and O–H groups in total. The highest BCUT2D eigenvalue weighted by Crippen LogP contribution is 1.96. The number of hydrogen-bond acceptors (Lipinski definition) is 2. The van der Waals surface area contributed by atoms with Crippen LogP contribution in [0.2, 0.25) is 0 Å². The zero-order valence-corrected chi connectivity index (χ0v) is 13.1. The monoisotopic (exact) mass is 292 g/mol. The highest BCUT2D eigenvalue weighted by atomic mass is 16.2. The lowest BCUT2D eigenvalue weighted by molar-refractivity contribution is -0.885. The number of carbonyl (C=O) groups is 2. The van der Waals surface area contributed by atoms with Crippen molar-refractivity contribution in [1.29, 1.82) is 0 Å². The van der Waals surface area contributed by atoms with E-state index in [4.69, 9.17) is 0 Å². The fourth-order valence-electron chi connectivity index (χ4n) is 1.97. The Morgan fingerprint density at radius 1 is 1.19 bits per heavy atom. The van der Waals surface area contributed by atoms with E-state index in [0.29, 0.717) is 12.5 Å². The first-order valence-electron chi connectivity index (χ1n) is 7.40. The van der Waals surface area contributed by atoms with Crippen LogP contribution in [0.3, 0.4) is 0 Å². The van der Waals surface area contributed by atoms with Gasteiger partial charge in [0.15, 0.2) is 6.54 Å². The number of hydrogen-bond donors (Lipinski definition) is 3. The summed E-state index contributed by atoms with van der Waals surface area (Å²) in [5.41, 5.74) is 1.17. The molecule has 116 valence electrons. The van der Waals surface area contributed by atoms with Crippen LogP contribution in [-0.4, -0.2) is 32.1 Å². The number of nitrogens with one attached hydrogen (secondary N) is 3. The first-order valence-corrected chi connectivity index (χ1v) is 7.40. The average Bonchev–Trinajstić information content (AvgIpc) is 2.38. The van der Waals surface area contributed by atoms with E-state index in [0.717, 1.165) is 17.9 Å².